The molecule has 122 valence electrons. The second-order valence-electron chi connectivity index (χ2n) is 6.04. The lowest BCUT2D eigenvalue weighted by atomic mass is 10.0. The molecule has 0 radical (unpaired) electrons. The highest BCUT2D eigenvalue weighted by Gasteiger charge is 2.20. The van der Waals surface area contributed by atoms with Gasteiger partial charge in [-0.05, 0) is 56.9 Å². The summed E-state index contributed by atoms with van der Waals surface area (Å²) in [6, 6.07) is 11.9. The third kappa shape index (κ3) is 4.13. The predicted molar refractivity (Wildman–Crippen MR) is 95.2 cm³/mol. The number of carbonyl (C=O) groups excluding carboxylic acids is 1. The molecule has 0 bridgehead atoms. The normalized spacial score (nSPS) is 11.9. The van der Waals surface area contributed by atoms with E-state index in [2.05, 4.69) is 24.4 Å². The number of para-hydroxylation sites is 1. The maximum Gasteiger partial charge on any atom is 0.265 e. The van der Waals surface area contributed by atoms with Crippen LogP contribution in [0.4, 0.5) is 5.69 Å². The quantitative estimate of drug-likeness (QED) is 0.868. The molecule has 2 rings (SSSR count). The molecule has 0 aliphatic heterocycles. The van der Waals surface area contributed by atoms with Crippen LogP contribution in [0.1, 0.15) is 35.6 Å². The number of ether oxygens (including phenoxy) is 1. The number of nitrogens with one attached hydrogen (secondary N) is 1. The van der Waals surface area contributed by atoms with E-state index in [0.717, 1.165) is 28.1 Å². The van der Waals surface area contributed by atoms with Crippen molar-refractivity contribution in [1.82, 2.24) is 0 Å². The van der Waals surface area contributed by atoms with Crippen molar-refractivity contribution >= 4 is 11.6 Å². The molecular weight excluding hydrogens is 286 g/mol. The minimum atomic E-state index is -0.504. The first-order valence-corrected chi connectivity index (χ1v) is 8.03. The number of anilines is 1. The average molecular weight is 311 g/mol. The van der Waals surface area contributed by atoms with E-state index >= 15 is 0 Å². The van der Waals surface area contributed by atoms with E-state index < -0.39 is 6.10 Å². The van der Waals surface area contributed by atoms with E-state index in [9.17, 15) is 4.79 Å². The van der Waals surface area contributed by atoms with E-state index in [1.54, 1.807) is 0 Å². The summed E-state index contributed by atoms with van der Waals surface area (Å²) in [5, 5.41) is 3.03. The van der Waals surface area contributed by atoms with Gasteiger partial charge in [-0.3, -0.25) is 4.79 Å². The molecule has 3 heteroatoms. The molecule has 0 saturated heterocycles. The molecule has 2 aromatic carbocycles. The Morgan fingerprint density at radius 3 is 2.22 bits per heavy atom. The third-order valence-electron chi connectivity index (χ3n) is 3.95. The molecule has 1 N–H and O–H groups in total. The van der Waals surface area contributed by atoms with Gasteiger partial charge in [0.05, 0.1) is 0 Å². The molecule has 0 aliphatic carbocycles. The van der Waals surface area contributed by atoms with E-state index in [1.165, 1.54) is 5.56 Å². The lowest BCUT2D eigenvalue weighted by molar-refractivity contribution is -0.122. The minimum absolute atomic E-state index is 0.106. The fraction of sp³-hybridized carbons (Fsp3) is 0.350. The molecule has 0 aliphatic rings. The Kier molecular flexibility index (Phi) is 5.43. The number of hydrogen-bond donors (Lipinski definition) is 1. The first-order valence-electron chi connectivity index (χ1n) is 8.03. The van der Waals surface area contributed by atoms with Crippen LogP contribution in [-0.2, 0) is 4.79 Å². The van der Waals surface area contributed by atoms with Crippen molar-refractivity contribution in [1.29, 1.82) is 0 Å². The van der Waals surface area contributed by atoms with Crippen LogP contribution in [0.2, 0.25) is 0 Å². The van der Waals surface area contributed by atoms with Crippen molar-refractivity contribution in [2.75, 3.05) is 5.32 Å². The topological polar surface area (TPSA) is 38.3 Å². The molecule has 1 amide bonds. The number of amides is 1. The van der Waals surface area contributed by atoms with Gasteiger partial charge < -0.3 is 10.1 Å². The van der Waals surface area contributed by atoms with Gasteiger partial charge in [0.1, 0.15) is 5.75 Å². The molecule has 2 aromatic rings. The smallest absolute Gasteiger partial charge is 0.265 e. The van der Waals surface area contributed by atoms with Gasteiger partial charge in [0, 0.05) is 5.69 Å². The molecule has 3 nitrogen and oxygen atoms in total. The first-order chi connectivity index (χ1) is 10.9. The van der Waals surface area contributed by atoms with Crippen LogP contribution in [-0.4, -0.2) is 12.0 Å². The number of rotatable bonds is 5. The number of aryl methyl sites for hydroxylation is 4. The molecular formula is C20H25NO2. The van der Waals surface area contributed by atoms with Gasteiger partial charge in [0.25, 0.3) is 5.91 Å². The number of benzene rings is 2. The maximum atomic E-state index is 12.6. The maximum absolute atomic E-state index is 12.6. The SMILES string of the molecule is CCC(Oc1ccccc1C)C(=O)Nc1c(C)cc(C)cc1C. The largest absolute Gasteiger partial charge is 0.480 e. The Morgan fingerprint density at radius 2 is 1.65 bits per heavy atom. The van der Waals surface area contributed by atoms with Crippen molar-refractivity contribution in [2.45, 2.75) is 47.1 Å². The van der Waals surface area contributed by atoms with Crippen LogP contribution in [0.15, 0.2) is 36.4 Å². The molecule has 1 atom stereocenters. The lowest BCUT2D eigenvalue weighted by Crippen LogP contribution is -2.33. The van der Waals surface area contributed by atoms with Gasteiger partial charge in [-0.25, -0.2) is 0 Å². The van der Waals surface area contributed by atoms with Gasteiger partial charge >= 0.3 is 0 Å². The lowest BCUT2D eigenvalue weighted by Gasteiger charge is -2.20. The number of carbonyl (C=O) groups is 1. The fourth-order valence-corrected chi connectivity index (χ4v) is 2.75. The first kappa shape index (κ1) is 17.1. The van der Waals surface area contributed by atoms with Crippen molar-refractivity contribution < 1.29 is 9.53 Å². The summed E-state index contributed by atoms with van der Waals surface area (Å²) < 4.78 is 5.92. The Balaban J connectivity index is 2.17. The predicted octanol–water partition coefficient (Wildman–Crippen LogP) is 4.72. The second-order valence-corrected chi connectivity index (χ2v) is 6.04. The van der Waals surface area contributed by atoms with Gasteiger partial charge in [-0.2, -0.15) is 0 Å². The zero-order valence-electron chi connectivity index (χ0n) is 14.6. The number of hydrogen-bond acceptors (Lipinski definition) is 2. The highest BCUT2D eigenvalue weighted by Crippen LogP contribution is 2.24. The summed E-state index contributed by atoms with van der Waals surface area (Å²) >= 11 is 0. The van der Waals surface area contributed by atoms with Gasteiger partial charge in [-0.1, -0.05) is 42.8 Å². The van der Waals surface area contributed by atoms with E-state index in [4.69, 9.17) is 4.74 Å². The van der Waals surface area contributed by atoms with Gasteiger partial charge in [0.15, 0.2) is 6.10 Å². The van der Waals surface area contributed by atoms with Crippen LogP contribution in [0.3, 0.4) is 0 Å². The molecule has 0 saturated carbocycles. The van der Waals surface area contributed by atoms with Crippen molar-refractivity contribution in [3.8, 4) is 5.75 Å². The minimum Gasteiger partial charge on any atom is -0.480 e. The average Bonchev–Trinajstić information content (AvgIpc) is 2.49. The summed E-state index contributed by atoms with van der Waals surface area (Å²) in [7, 11) is 0. The Labute approximate surface area is 138 Å². The van der Waals surface area contributed by atoms with Crippen LogP contribution in [0, 0.1) is 27.7 Å². The van der Waals surface area contributed by atoms with Gasteiger partial charge in [0.2, 0.25) is 0 Å². The summed E-state index contributed by atoms with van der Waals surface area (Å²) in [5.74, 6) is 0.651. The van der Waals surface area contributed by atoms with Crippen LogP contribution >= 0.6 is 0 Å². The summed E-state index contributed by atoms with van der Waals surface area (Å²) in [6.07, 6.45) is 0.112. The Hall–Kier alpha value is -2.29. The van der Waals surface area contributed by atoms with Crippen LogP contribution in [0.25, 0.3) is 0 Å². The third-order valence-corrected chi connectivity index (χ3v) is 3.95. The highest BCUT2D eigenvalue weighted by molar-refractivity contribution is 5.95. The summed E-state index contributed by atoms with van der Waals surface area (Å²) in [4.78, 5) is 12.6. The van der Waals surface area contributed by atoms with Crippen molar-refractivity contribution in [3.63, 3.8) is 0 Å². The highest BCUT2D eigenvalue weighted by atomic mass is 16.5. The van der Waals surface area contributed by atoms with Crippen molar-refractivity contribution in [3.05, 3.63) is 58.7 Å². The standard InChI is InChI=1S/C20H25NO2/c1-6-17(23-18-10-8-7-9-14(18)3)20(22)21-19-15(4)11-13(2)12-16(19)5/h7-12,17H,6H2,1-5H3,(H,21,22). The van der Waals surface area contributed by atoms with E-state index in [1.807, 2.05) is 52.0 Å². The van der Waals surface area contributed by atoms with Crippen molar-refractivity contribution in [2.24, 2.45) is 0 Å². The fourth-order valence-electron chi connectivity index (χ4n) is 2.75. The monoisotopic (exact) mass is 311 g/mol. The Morgan fingerprint density at radius 1 is 1.04 bits per heavy atom. The molecule has 0 fully saturated rings. The van der Waals surface area contributed by atoms with E-state index in [0.29, 0.717) is 6.42 Å². The second kappa shape index (κ2) is 7.32. The molecule has 1 unspecified atom stereocenters. The van der Waals surface area contributed by atoms with Crippen LogP contribution in [0.5, 0.6) is 5.75 Å². The van der Waals surface area contributed by atoms with E-state index in [-0.39, 0.29) is 5.91 Å². The summed E-state index contributed by atoms with van der Waals surface area (Å²) in [6.45, 7) is 10.0. The molecule has 23 heavy (non-hydrogen) atoms. The Bertz CT molecular complexity index is 684. The zero-order chi connectivity index (χ0) is 17.0. The molecule has 0 aromatic heterocycles. The summed E-state index contributed by atoms with van der Waals surface area (Å²) in [5.41, 5.74) is 5.25. The zero-order valence-corrected chi connectivity index (χ0v) is 14.6. The van der Waals surface area contributed by atoms with Crippen LogP contribution < -0.4 is 10.1 Å². The van der Waals surface area contributed by atoms with Gasteiger partial charge in [-0.15, -0.1) is 0 Å². The molecule has 0 heterocycles. The molecule has 0 spiro atoms.